The van der Waals surface area contributed by atoms with Crippen LogP contribution in [0, 0.1) is 0 Å². The first kappa shape index (κ1) is 14.0. The second-order valence-electron chi connectivity index (χ2n) is 4.20. The SMILES string of the molecule is CCCC(CC)NC(=O)c1cccc(CCl)c1. The number of rotatable bonds is 6. The zero-order chi connectivity index (χ0) is 12.7. The summed E-state index contributed by atoms with van der Waals surface area (Å²) in [6.07, 6.45) is 3.08. The number of alkyl halides is 1. The Morgan fingerprint density at radius 2 is 2.18 bits per heavy atom. The van der Waals surface area contributed by atoms with Gasteiger partial charge in [-0.25, -0.2) is 0 Å². The molecule has 17 heavy (non-hydrogen) atoms. The van der Waals surface area contributed by atoms with Crippen LogP contribution in [0.25, 0.3) is 0 Å². The molecular formula is C14H20ClNO. The van der Waals surface area contributed by atoms with Crippen LogP contribution in [-0.2, 0) is 5.88 Å². The van der Waals surface area contributed by atoms with Crippen LogP contribution >= 0.6 is 11.6 Å². The van der Waals surface area contributed by atoms with Gasteiger partial charge < -0.3 is 5.32 Å². The van der Waals surface area contributed by atoms with Gasteiger partial charge in [-0.2, -0.15) is 0 Å². The van der Waals surface area contributed by atoms with Gasteiger partial charge in [0.25, 0.3) is 5.91 Å². The van der Waals surface area contributed by atoms with E-state index in [9.17, 15) is 4.79 Å². The van der Waals surface area contributed by atoms with Gasteiger partial charge in [0.05, 0.1) is 0 Å². The molecule has 1 N–H and O–H groups in total. The van der Waals surface area contributed by atoms with Crippen LogP contribution < -0.4 is 5.32 Å². The molecule has 1 aromatic rings. The molecule has 0 fully saturated rings. The fourth-order valence-electron chi connectivity index (χ4n) is 1.79. The Morgan fingerprint density at radius 1 is 1.41 bits per heavy atom. The highest BCUT2D eigenvalue weighted by Crippen LogP contribution is 2.09. The standard InChI is InChI=1S/C14H20ClNO/c1-3-6-13(4-2)16-14(17)12-8-5-7-11(9-12)10-15/h5,7-9,13H,3-4,6,10H2,1-2H3,(H,16,17). The summed E-state index contributed by atoms with van der Waals surface area (Å²) in [6.45, 7) is 4.22. The molecule has 0 radical (unpaired) electrons. The molecule has 0 saturated carbocycles. The number of hydrogen-bond acceptors (Lipinski definition) is 1. The Kier molecular flexibility index (Phi) is 6.06. The Morgan fingerprint density at radius 3 is 2.76 bits per heavy atom. The summed E-state index contributed by atoms with van der Waals surface area (Å²) in [5, 5.41) is 3.05. The van der Waals surface area contributed by atoms with Crippen LogP contribution in [0.1, 0.15) is 49.0 Å². The highest BCUT2D eigenvalue weighted by molar-refractivity contribution is 6.17. The van der Waals surface area contributed by atoms with Gasteiger partial charge in [-0.1, -0.05) is 32.4 Å². The van der Waals surface area contributed by atoms with Crippen molar-refractivity contribution in [2.75, 3.05) is 0 Å². The van der Waals surface area contributed by atoms with Crippen molar-refractivity contribution in [1.82, 2.24) is 5.32 Å². The summed E-state index contributed by atoms with van der Waals surface area (Å²) in [4.78, 5) is 12.0. The second kappa shape index (κ2) is 7.33. The van der Waals surface area contributed by atoms with Gasteiger partial charge >= 0.3 is 0 Å². The molecular weight excluding hydrogens is 234 g/mol. The molecule has 1 amide bonds. The first-order valence-corrected chi connectivity index (χ1v) is 6.70. The van der Waals surface area contributed by atoms with E-state index in [-0.39, 0.29) is 11.9 Å². The van der Waals surface area contributed by atoms with E-state index in [4.69, 9.17) is 11.6 Å². The van der Waals surface area contributed by atoms with Crippen molar-refractivity contribution < 1.29 is 4.79 Å². The molecule has 1 unspecified atom stereocenters. The Hall–Kier alpha value is -1.02. The van der Waals surface area contributed by atoms with Crippen LogP contribution in [0.4, 0.5) is 0 Å². The van der Waals surface area contributed by atoms with Gasteiger partial charge in [-0.3, -0.25) is 4.79 Å². The average Bonchev–Trinajstić information content (AvgIpc) is 2.38. The number of carbonyl (C=O) groups is 1. The van der Waals surface area contributed by atoms with Crippen molar-refractivity contribution in [1.29, 1.82) is 0 Å². The molecule has 2 nitrogen and oxygen atoms in total. The van der Waals surface area contributed by atoms with Crippen LogP contribution in [0.15, 0.2) is 24.3 Å². The summed E-state index contributed by atoms with van der Waals surface area (Å²) in [5.41, 5.74) is 1.67. The maximum absolute atomic E-state index is 12.0. The van der Waals surface area contributed by atoms with Crippen molar-refractivity contribution in [3.05, 3.63) is 35.4 Å². The lowest BCUT2D eigenvalue weighted by molar-refractivity contribution is 0.0933. The fourth-order valence-corrected chi connectivity index (χ4v) is 1.96. The predicted octanol–water partition coefficient (Wildman–Crippen LogP) is 3.73. The van der Waals surface area contributed by atoms with E-state index in [0.717, 1.165) is 24.8 Å². The predicted molar refractivity (Wildman–Crippen MR) is 72.5 cm³/mol. The molecule has 0 aliphatic rings. The number of halogens is 1. The van der Waals surface area contributed by atoms with Crippen LogP contribution in [-0.4, -0.2) is 11.9 Å². The molecule has 0 aliphatic carbocycles. The van der Waals surface area contributed by atoms with Gasteiger partial charge in [0.1, 0.15) is 0 Å². The summed E-state index contributed by atoms with van der Waals surface area (Å²) in [6, 6.07) is 7.73. The summed E-state index contributed by atoms with van der Waals surface area (Å²) < 4.78 is 0. The van der Waals surface area contributed by atoms with E-state index in [1.54, 1.807) is 0 Å². The maximum atomic E-state index is 12.0. The van der Waals surface area contributed by atoms with Crippen molar-refractivity contribution in [2.45, 2.75) is 45.0 Å². The van der Waals surface area contributed by atoms with Crippen LogP contribution in [0.3, 0.4) is 0 Å². The lowest BCUT2D eigenvalue weighted by atomic mass is 10.1. The Labute approximate surface area is 108 Å². The van der Waals surface area contributed by atoms with Gasteiger partial charge in [0, 0.05) is 17.5 Å². The highest BCUT2D eigenvalue weighted by atomic mass is 35.5. The molecule has 3 heteroatoms. The molecule has 94 valence electrons. The van der Waals surface area contributed by atoms with Crippen LogP contribution in [0.2, 0.25) is 0 Å². The number of benzene rings is 1. The normalized spacial score (nSPS) is 12.2. The molecule has 0 heterocycles. The minimum atomic E-state index is -0.00253. The quantitative estimate of drug-likeness (QED) is 0.769. The van der Waals surface area contributed by atoms with E-state index >= 15 is 0 Å². The van der Waals surface area contributed by atoms with Gasteiger partial charge in [0.2, 0.25) is 0 Å². The van der Waals surface area contributed by atoms with Gasteiger partial charge in [-0.15, -0.1) is 11.6 Å². The number of nitrogens with one attached hydrogen (secondary N) is 1. The van der Waals surface area contributed by atoms with Crippen molar-refractivity contribution in [3.63, 3.8) is 0 Å². The largest absolute Gasteiger partial charge is 0.349 e. The zero-order valence-electron chi connectivity index (χ0n) is 10.5. The van der Waals surface area contributed by atoms with E-state index in [2.05, 4.69) is 19.2 Å². The highest BCUT2D eigenvalue weighted by Gasteiger charge is 2.11. The first-order valence-electron chi connectivity index (χ1n) is 6.17. The van der Waals surface area contributed by atoms with Crippen molar-refractivity contribution in [2.24, 2.45) is 0 Å². The molecule has 0 bridgehead atoms. The monoisotopic (exact) mass is 253 g/mol. The topological polar surface area (TPSA) is 29.1 Å². The number of carbonyl (C=O) groups excluding carboxylic acids is 1. The lowest BCUT2D eigenvalue weighted by Crippen LogP contribution is -2.34. The molecule has 0 aliphatic heterocycles. The average molecular weight is 254 g/mol. The number of amides is 1. The van der Waals surface area contributed by atoms with Gasteiger partial charge in [-0.05, 0) is 30.5 Å². The molecule has 0 saturated heterocycles. The summed E-state index contributed by atoms with van der Waals surface area (Å²) >= 11 is 5.75. The molecule has 0 aromatic heterocycles. The smallest absolute Gasteiger partial charge is 0.251 e. The first-order chi connectivity index (χ1) is 8.21. The molecule has 1 rings (SSSR count). The van der Waals surface area contributed by atoms with Crippen molar-refractivity contribution >= 4 is 17.5 Å². The minimum absolute atomic E-state index is 0.00253. The fraction of sp³-hybridized carbons (Fsp3) is 0.500. The van der Waals surface area contributed by atoms with E-state index in [1.165, 1.54) is 0 Å². The molecule has 1 atom stereocenters. The summed E-state index contributed by atoms with van der Waals surface area (Å²) in [7, 11) is 0. The van der Waals surface area contributed by atoms with E-state index < -0.39 is 0 Å². The lowest BCUT2D eigenvalue weighted by Gasteiger charge is -2.16. The second-order valence-corrected chi connectivity index (χ2v) is 4.47. The third kappa shape index (κ3) is 4.39. The van der Waals surface area contributed by atoms with Gasteiger partial charge in [0.15, 0.2) is 0 Å². The molecule has 1 aromatic carbocycles. The van der Waals surface area contributed by atoms with Crippen LogP contribution in [0.5, 0.6) is 0 Å². The zero-order valence-corrected chi connectivity index (χ0v) is 11.3. The van der Waals surface area contributed by atoms with E-state index in [1.807, 2.05) is 24.3 Å². The Bertz CT molecular complexity index is 365. The Balaban J connectivity index is 2.68. The number of hydrogen-bond donors (Lipinski definition) is 1. The third-order valence-corrected chi connectivity index (χ3v) is 3.12. The maximum Gasteiger partial charge on any atom is 0.251 e. The summed E-state index contributed by atoms with van der Waals surface area (Å²) in [5.74, 6) is 0.435. The molecule has 0 spiro atoms. The van der Waals surface area contributed by atoms with Crippen molar-refractivity contribution in [3.8, 4) is 0 Å². The minimum Gasteiger partial charge on any atom is -0.349 e. The van der Waals surface area contributed by atoms with E-state index in [0.29, 0.717) is 11.4 Å². The third-order valence-electron chi connectivity index (χ3n) is 2.81.